The molecule has 0 unspecified atom stereocenters. The molecular formula is C23H20ClN3O4S. The average molecular weight is 470 g/mol. The van der Waals surface area contributed by atoms with Gasteiger partial charge in [-0.1, -0.05) is 54.1 Å². The van der Waals surface area contributed by atoms with Crippen molar-refractivity contribution in [1.29, 1.82) is 0 Å². The van der Waals surface area contributed by atoms with E-state index in [0.717, 1.165) is 9.98 Å². The molecule has 3 aromatic carbocycles. The molecule has 0 radical (unpaired) electrons. The third kappa shape index (κ3) is 4.46. The Morgan fingerprint density at radius 2 is 1.84 bits per heavy atom. The standard InChI is InChI=1S/C23H20ClN3O4S/c1-31-19-9-5-6-16(12-19)14-25-22(28)15-27-26-23(17-7-3-2-4-8-17)20-13-18(24)10-11-21(20)32(27,29)30/h2-13H,14-15H2,1H3,(H,25,28). The van der Waals surface area contributed by atoms with Gasteiger partial charge in [0.2, 0.25) is 5.91 Å². The summed E-state index contributed by atoms with van der Waals surface area (Å²) in [6, 6.07) is 20.9. The van der Waals surface area contributed by atoms with Gasteiger partial charge in [0.05, 0.1) is 12.0 Å². The number of methoxy groups -OCH3 is 1. The van der Waals surface area contributed by atoms with Crippen LogP contribution in [0.15, 0.2) is 82.8 Å². The second kappa shape index (κ2) is 9.02. The van der Waals surface area contributed by atoms with Gasteiger partial charge in [0.1, 0.15) is 18.0 Å². The molecule has 1 aliphatic heterocycles. The predicted octanol–water partition coefficient (Wildman–Crippen LogP) is 3.42. The highest BCUT2D eigenvalue weighted by molar-refractivity contribution is 7.89. The molecule has 1 N–H and O–H groups in total. The Kier molecular flexibility index (Phi) is 6.16. The fourth-order valence-electron chi connectivity index (χ4n) is 3.34. The van der Waals surface area contributed by atoms with Gasteiger partial charge in [0, 0.05) is 22.7 Å². The number of halogens is 1. The summed E-state index contributed by atoms with van der Waals surface area (Å²) in [6.45, 7) is -0.226. The van der Waals surface area contributed by atoms with E-state index in [9.17, 15) is 13.2 Å². The molecular weight excluding hydrogens is 450 g/mol. The number of fused-ring (bicyclic) bond motifs is 1. The van der Waals surface area contributed by atoms with Gasteiger partial charge >= 0.3 is 0 Å². The van der Waals surface area contributed by atoms with Crippen LogP contribution in [-0.4, -0.2) is 38.1 Å². The van der Waals surface area contributed by atoms with Gasteiger partial charge < -0.3 is 10.1 Å². The van der Waals surface area contributed by atoms with Crippen molar-refractivity contribution in [2.75, 3.05) is 13.7 Å². The quantitative estimate of drug-likeness (QED) is 0.599. The van der Waals surface area contributed by atoms with E-state index in [4.69, 9.17) is 16.3 Å². The molecule has 0 atom stereocenters. The lowest BCUT2D eigenvalue weighted by atomic mass is 10.0. The monoisotopic (exact) mass is 469 g/mol. The fourth-order valence-corrected chi connectivity index (χ4v) is 4.89. The SMILES string of the molecule is COc1cccc(CNC(=O)CN2N=C(c3ccccc3)c3cc(Cl)ccc3S2(=O)=O)c1. The molecule has 1 amide bonds. The maximum atomic E-state index is 13.2. The van der Waals surface area contributed by atoms with E-state index >= 15 is 0 Å². The Balaban J connectivity index is 1.61. The minimum atomic E-state index is -4.02. The zero-order valence-electron chi connectivity index (χ0n) is 17.2. The number of rotatable bonds is 6. The van der Waals surface area contributed by atoms with Crippen LogP contribution in [0.1, 0.15) is 16.7 Å². The number of carbonyl (C=O) groups is 1. The second-order valence-corrected chi connectivity index (χ2v) is 9.32. The summed E-state index contributed by atoms with van der Waals surface area (Å²) in [4.78, 5) is 12.6. The zero-order valence-corrected chi connectivity index (χ0v) is 18.7. The van der Waals surface area contributed by atoms with Gasteiger partial charge in [-0.2, -0.15) is 17.9 Å². The summed E-state index contributed by atoms with van der Waals surface area (Å²) in [5.74, 6) is 0.188. The Morgan fingerprint density at radius 3 is 2.59 bits per heavy atom. The molecule has 0 saturated heterocycles. The number of amides is 1. The molecule has 0 aromatic heterocycles. The molecule has 0 aliphatic carbocycles. The number of sulfonamides is 1. The summed E-state index contributed by atoms with van der Waals surface area (Å²) in [5, 5.41) is 7.46. The minimum Gasteiger partial charge on any atom is -0.497 e. The van der Waals surface area contributed by atoms with Crippen molar-refractivity contribution in [1.82, 2.24) is 9.73 Å². The van der Waals surface area contributed by atoms with Crippen LogP contribution in [0.5, 0.6) is 5.75 Å². The number of ether oxygens (including phenoxy) is 1. The van der Waals surface area contributed by atoms with E-state index in [1.165, 1.54) is 12.1 Å². The Bertz CT molecular complexity index is 1290. The maximum Gasteiger partial charge on any atom is 0.280 e. The molecule has 0 bridgehead atoms. The summed E-state index contributed by atoms with van der Waals surface area (Å²) in [6.07, 6.45) is 0. The number of nitrogens with zero attached hydrogens (tertiary/aromatic N) is 2. The first-order valence-electron chi connectivity index (χ1n) is 9.75. The Hall–Kier alpha value is -3.36. The highest BCUT2D eigenvalue weighted by Crippen LogP contribution is 2.31. The zero-order chi connectivity index (χ0) is 22.7. The van der Waals surface area contributed by atoms with Gasteiger partial charge in [0.25, 0.3) is 10.0 Å². The van der Waals surface area contributed by atoms with E-state index in [1.54, 1.807) is 25.3 Å². The van der Waals surface area contributed by atoms with Crippen LogP contribution in [-0.2, 0) is 21.4 Å². The number of benzene rings is 3. The van der Waals surface area contributed by atoms with Crippen molar-refractivity contribution in [2.24, 2.45) is 5.10 Å². The highest BCUT2D eigenvalue weighted by atomic mass is 35.5. The van der Waals surface area contributed by atoms with Crippen molar-refractivity contribution in [2.45, 2.75) is 11.4 Å². The molecule has 0 spiro atoms. The molecule has 9 heteroatoms. The van der Waals surface area contributed by atoms with Crippen LogP contribution < -0.4 is 10.1 Å². The third-order valence-corrected chi connectivity index (χ3v) is 6.83. The second-order valence-electron chi connectivity index (χ2n) is 7.07. The van der Waals surface area contributed by atoms with E-state index in [1.807, 2.05) is 42.5 Å². The topological polar surface area (TPSA) is 88.1 Å². The Morgan fingerprint density at radius 1 is 1.06 bits per heavy atom. The van der Waals surface area contributed by atoms with Gasteiger partial charge in [-0.25, -0.2) is 0 Å². The maximum absolute atomic E-state index is 13.2. The lowest BCUT2D eigenvalue weighted by Gasteiger charge is -2.27. The van der Waals surface area contributed by atoms with E-state index in [-0.39, 0.29) is 11.4 Å². The van der Waals surface area contributed by atoms with E-state index in [2.05, 4.69) is 10.4 Å². The molecule has 164 valence electrons. The van der Waals surface area contributed by atoms with Gasteiger partial charge in [-0.3, -0.25) is 4.79 Å². The number of nitrogens with one attached hydrogen (secondary N) is 1. The van der Waals surface area contributed by atoms with E-state index in [0.29, 0.717) is 27.6 Å². The molecule has 1 aliphatic rings. The smallest absolute Gasteiger partial charge is 0.280 e. The van der Waals surface area contributed by atoms with Crippen LogP contribution in [0.2, 0.25) is 5.02 Å². The number of hydrogen-bond acceptors (Lipinski definition) is 5. The molecule has 0 fully saturated rings. The summed E-state index contributed by atoms with van der Waals surface area (Å²) < 4.78 is 32.3. The normalized spacial score (nSPS) is 14.3. The molecule has 1 heterocycles. The average Bonchev–Trinajstić information content (AvgIpc) is 2.80. The molecule has 0 saturated carbocycles. The third-order valence-electron chi connectivity index (χ3n) is 4.91. The molecule has 32 heavy (non-hydrogen) atoms. The van der Waals surface area contributed by atoms with E-state index < -0.39 is 22.5 Å². The first-order chi connectivity index (χ1) is 15.4. The van der Waals surface area contributed by atoms with Gasteiger partial charge in [0.15, 0.2) is 0 Å². The van der Waals surface area contributed by atoms with Gasteiger partial charge in [-0.15, -0.1) is 0 Å². The number of hydrogen-bond donors (Lipinski definition) is 1. The molecule has 3 aromatic rings. The summed E-state index contributed by atoms with van der Waals surface area (Å²) >= 11 is 6.13. The van der Waals surface area contributed by atoms with Crippen LogP contribution in [0.3, 0.4) is 0 Å². The highest BCUT2D eigenvalue weighted by Gasteiger charge is 2.34. The number of carbonyl (C=O) groups excluding carboxylic acids is 1. The van der Waals surface area contributed by atoms with Crippen molar-refractivity contribution in [3.05, 3.63) is 94.5 Å². The fraction of sp³-hybridized carbons (Fsp3) is 0.130. The van der Waals surface area contributed by atoms with Crippen molar-refractivity contribution in [3.8, 4) is 5.75 Å². The molecule has 4 rings (SSSR count). The largest absolute Gasteiger partial charge is 0.497 e. The van der Waals surface area contributed by atoms with Crippen molar-refractivity contribution < 1.29 is 17.9 Å². The molecule has 7 nitrogen and oxygen atoms in total. The lowest BCUT2D eigenvalue weighted by Crippen LogP contribution is -2.40. The van der Waals surface area contributed by atoms with Crippen LogP contribution >= 0.6 is 11.6 Å². The van der Waals surface area contributed by atoms with Crippen LogP contribution in [0.25, 0.3) is 0 Å². The summed E-state index contributed by atoms with van der Waals surface area (Å²) in [7, 11) is -2.46. The van der Waals surface area contributed by atoms with Gasteiger partial charge in [-0.05, 0) is 35.9 Å². The van der Waals surface area contributed by atoms with Crippen LogP contribution in [0, 0.1) is 0 Å². The van der Waals surface area contributed by atoms with Crippen LogP contribution in [0.4, 0.5) is 0 Å². The first-order valence-corrected chi connectivity index (χ1v) is 11.6. The van der Waals surface area contributed by atoms with Crippen molar-refractivity contribution in [3.63, 3.8) is 0 Å². The minimum absolute atomic E-state index is 0.0522. The summed E-state index contributed by atoms with van der Waals surface area (Å²) in [5.41, 5.74) is 2.37. The predicted molar refractivity (Wildman–Crippen MR) is 122 cm³/mol. The first kappa shape index (κ1) is 21.9. The Labute approximate surface area is 191 Å². The number of hydrazone groups is 1. The lowest BCUT2D eigenvalue weighted by molar-refractivity contribution is -0.121. The van der Waals surface area contributed by atoms with Crippen molar-refractivity contribution >= 4 is 33.2 Å².